The van der Waals surface area contributed by atoms with Gasteiger partial charge < -0.3 is 8.99 Å². The molecule has 4 nitrogen and oxygen atoms in total. The Bertz CT molecular complexity index is 838. The molecule has 1 aliphatic rings. The highest BCUT2D eigenvalue weighted by Crippen LogP contribution is 2.42. The SMILES string of the molecule is Cc1ccc(C)n1-c1cc(C(C)(C)C)nn1C[C@H]1C[C@@H](O[Si](C)(C)C(C)(C)C)C1. The van der Waals surface area contributed by atoms with E-state index in [1.807, 2.05) is 0 Å². The van der Waals surface area contributed by atoms with Crippen molar-refractivity contribution in [2.24, 2.45) is 5.92 Å². The average molecular weight is 416 g/mol. The quantitative estimate of drug-likeness (QED) is 0.530. The maximum atomic E-state index is 6.61. The van der Waals surface area contributed by atoms with Crippen molar-refractivity contribution < 1.29 is 4.43 Å². The van der Waals surface area contributed by atoms with E-state index in [0.717, 1.165) is 25.1 Å². The van der Waals surface area contributed by atoms with E-state index in [0.29, 0.717) is 12.0 Å². The zero-order valence-electron chi connectivity index (χ0n) is 20.3. The van der Waals surface area contributed by atoms with Crippen molar-refractivity contribution in [1.29, 1.82) is 0 Å². The van der Waals surface area contributed by atoms with Gasteiger partial charge in [-0.15, -0.1) is 0 Å². The Morgan fingerprint density at radius 1 is 1.03 bits per heavy atom. The van der Waals surface area contributed by atoms with Crippen molar-refractivity contribution in [2.75, 3.05) is 0 Å². The topological polar surface area (TPSA) is 32.0 Å². The van der Waals surface area contributed by atoms with E-state index < -0.39 is 8.32 Å². The van der Waals surface area contributed by atoms with E-state index >= 15 is 0 Å². The molecule has 0 atom stereocenters. The first-order valence-electron chi connectivity index (χ1n) is 11.1. The first-order chi connectivity index (χ1) is 13.2. The normalized spacial score (nSPS) is 20.8. The Labute approximate surface area is 178 Å². The van der Waals surface area contributed by atoms with Crippen LogP contribution < -0.4 is 0 Å². The summed E-state index contributed by atoms with van der Waals surface area (Å²) in [7, 11) is -1.68. The molecule has 3 rings (SSSR count). The van der Waals surface area contributed by atoms with Crippen molar-refractivity contribution in [3.05, 3.63) is 35.3 Å². The molecule has 0 N–H and O–H groups in total. The average Bonchev–Trinajstić information content (AvgIpc) is 3.07. The summed E-state index contributed by atoms with van der Waals surface area (Å²) in [5.41, 5.74) is 3.73. The number of hydrogen-bond acceptors (Lipinski definition) is 2. The van der Waals surface area contributed by atoms with E-state index in [1.165, 1.54) is 17.2 Å². The highest BCUT2D eigenvalue weighted by Gasteiger charge is 2.42. The van der Waals surface area contributed by atoms with Crippen LogP contribution >= 0.6 is 0 Å². The van der Waals surface area contributed by atoms with Crippen LogP contribution in [0.25, 0.3) is 5.82 Å². The maximum absolute atomic E-state index is 6.61. The zero-order valence-corrected chi connectivity index (χ0v) is 21.3. The zero-order chi connectivity index (χ0) is 21.8. The lowest BCUT2D eigenvalue weighted by molar-refractivity contribution is 0.0428. The molecular weight excluding hydrogens is 374 g/mol. The molecule has 0 unspecified atom stereocenters. The van der Waals surface area contributed by atoms with Gasteiger partial charge in [-0.25, -0.2) is 4.68 Å². The molecule has 29 heavy (non-hydrogen) atoms. The van der Waals surface area contributed by atoms with Gasteiger partial charge in [-0.1, -0.05) is 41.5 Å². The van der Waals surface area contributed by atoms with Crippen molar-refractivity contribution in [1.82, 2.24) is 14.3 Å². The lowest BCUT2D eigenvalue weighted by Crippen LogP contribution is -2.48. The van der Waals surface area contributed by atoms with Gasteiger partial charge in [0, 0.05) is 35.5 Å². The molecule has 1 saturated carbocycles. The summed E-state index contributed by atoms with van der Waals surface area (Å²) in [6.45, 7) is 23.7. The number of nitrogens with zero attached hydrogens (tertiary/aromatic N) is 3. The minimum atomic E-state index is -1.68. The van der Waals surface area contributed by atoms with Crippen LogP contribution in [0.5, 0.6) is 0 Å². The van der Waals surface area contributed by atoms with Gasteiger partial charge in [-0.3, -0.25) is 0 Å². The number of rotatable bonds is 5. The molecule has 0 amide bonds. The van der Waals surface area contributed by atoms with Crippen LogP contribution in [0.2, 0.25) is 18.1 Å². The van der Waals surface area contributed by atoms with E-state index in [-0.39, 0.29) is 10.5 Å². The van der Waals surface area contributed by atoms with E-state index in [1.54, 1.807) is 0 Å². The van der Waals surface area contributed by atoms with Crippen molar-refractivity contribution in [3.63, 3.8) is 0 Å². The molecule has 0 spiro atoms. The van der Waals surface area contributed by atoms with Gasteiger partial charge in [0.15, 0.2) is 8.32 Å². The van der Waals surface area contributed by atoms with E-state index in [4.69, 9.17) is 9.52 Å². The molecule has 2 aromatic heterocycles. The Morgan fingerprint density at radius 2 is 1.59 bits per heavy atom. The second-order valence-corrected chi connectivity index (χ2v) is 16.4. The fraction of sp³-hybridized carbons (Fsp3) is 0.708. The Hall–Kier alpha value is -1.33. The molecule has 2 aromatic rings. The first-order valence-corrected chi connectivity index (χ1v) is 14.0. The molecule has 0 aliphatic heterocycles. The predicted octanol–water partition coefficient (Wildman–Crippen LogP) is 6.39. The summed E-state index contributed by atoms with van der Waals surface area (Å²) >= 11 is 0. The largest absolute Gasteiger partial charge is 0.414 e. The molecule has 0 aromatic carbocycles. The predicted molar refractivity (Wildman–Crippen MR) is 125 cm³/mol. The van der Waals surface area contributed by atoms with Gasteiger partial charge in [0.2, 0.25) is 0 Å². The minimum absolute atomic E-state index is 0.0442. The van der Waals surface area contributed by atoms with Crippen LogP contribution in [-0.2, 0) is 16.4 Å². The van der Waals surface area contributed by atoms with E-state index in [2.05, 4.69) is 95.9 Å². The Kier molecular flexibility index (Phi) is 5.72. The smallest absolute Gasteiger partial charge is 0.192 e. The summed E-state index contributed by atoms with van der Waals surface area (Å²) in [5.74, 6) is 1.84. The van der Waals surface area contributed by atoms with Crippen LogP contribution in [0.3, 0.4) is 0 Å². The van der Waals surface area contributed by atoms with Gasteiger partial charge >= 0.3 is 0 Å². The van der Waals surface area contributed by atoms with Crippen molar-refractivity contribution in [2.45, 2.75) is 104 Å². The number of aromatic nitrogens is 3. The second kappa shape index (κ2) is 7.42. The van der Waals surface area contributed by atoms with Gasteiger partial charge in [0.25, 0.3) is 0 Å². The molecule has 0 radical (unpaired) electrons. The highest BCUT2D eigenvalue weighted by atomic mass is 28.4. The van der Waals surface area contributed by atoms with Crippen LogP contribution in [0, 0.1) is 19.8 Å². The summed E-state index contributed by atoms with van der Waals surface area (Å²) in [6.07, 6.45) is 2.73. The molecule has 5 heteroatoms. The third kappa shape index (κ3) is 4.56. The molecular formula is C24H41N3OSi. The number of hydrogen-bond donors (Lipinski definition) is 0. The molecule has 1 fully saturated rings. The lowest BCUT2D eigenvalue weighted by atomic mass is 9.82. The fourth-order valence-electron chi connectivity index (χ4n) is 3.88. The van der Waals surface area contributed by atoms with Gasteiger partial charge in [-0.2, -0.15) is 5.10 Å². The van der Waals surface area contributed by atoms with Gasteiger partial charge in [-0.05, 0) is 62.9 Å². The van der Waals surface area contributed by atoms with Gasteiger partial charge in [0.1, 0.15) is 5.82 Å². The molecule has 2 heterocycles. The minimum Gasteiger partial charge on any atom is -0.414 e. The second-order valence-electron chi connectivity index (χ2n) is 11.6. The Balaban J connectivity index is 1.76. The van der Waals surface area contributed by atoms with Crippen LogP contribution in [0.15, 0.2) is 18.2 Å². The van der Waals surface area contributed by atoms with Crippen LogP contribution in [0.1, 0.15) is 71.5 Å². The highest BCUT2D eigenvalue weighted by molar-refractivity contribution is 6.74. The fourth-order valence-corrected chi connectivity index (χ4v) is 5.25. The van der Waals surface area contributed by atoms with Gasteiger partial charge in [0.05, 0.1) is 5.69 Å². The number of aryl methyl sites for hydroxylation is 2. The van der Waals surface area contributed by atoms with Crippen LogP contribution in [0.4, 0.5) is 0 Å². The maximum Gasteiger partial charge on any atom is 0.192 e. The summed E-state index contributed by atoms with van der Waals surface area (Å²) in [4.78, 5) is 0. The lowest BCUT2D eigenvalue weighted by Gasteiger charge is -2.45. The first kappa shape index (κ1) is 22.4. The molecule has 0 bridgehead atoms. The standard InChI is InChI=1S/C24H41N3OSi/c1-17-11-12-18(2)27(17)22-15-21(23(3,4)5)25-26(22)16-19-13-20(14-19)28-29(9,10)24(6,7)8/h11-12,15,19-20H,13-14,16H2,1-10H3/t19-,20+. The summed E-state index contributed by atoms with van der Waals surface area (Å²) in [6, 6.07) is 6.66. The summed E-state index contributed by atoms with van der Waals surface area (Å²) in [5, 5.41) is 5.32. The Morgan fingerprint density at radius 3 is 2.07 bits per heavy atom. The third-order valence-corrected chi connectivity index (χ3v) is 11.5. The van der Waals surface area contributed by atoms with Crippen LogP contribution in [-0.4, -0.2) is 28.8 Å². The molecule has 0 saturated heterocycles. The van der Waals surface area contributed by atoms with Crippen molar-refractivity contribution >= 4 is 8.32 Å². The van der Waals surface area contributed by atoms with Crippen molar-refractivity contribution in [3.8, 4) is 5.82 Å². The molecule has 1 aliphatic carbocycles. The molecule has 162 valence electrons. The monoisotopic (exact) mass is 415 g/mol. The third-order valence-electron chi connectivity index (χ3n) is 6.92. The summed E-state index contributed by atoms with van der Waals surface area (Å²) < 4.78 is 11.2. The van der Waals surface area contributed by atoms with E-state index in [9.17, 15) is 0 Å².